The summed E-state index contributed by atoms with van der Waals surface area (Å²) in [5, 5.41) is 11.2. The van der Waals surface area contributed by atoms with E-state index in [0.29, 0.717) is 11.8 Å². The van der Waals surface area contributed by atoms with Gasteiger partial charge in [-0.05, 0) is 58.8 Å². The highest BCUT2D eigenvalue weighted by Crippen LogP contribution is 2.70. The first-order valence-electron chi connectivity index (χ1n) is 10.3. The van der Waals surface area contributed by atoms with Gasteiger partial charge in [-0.3, -0.25) is 0 Å². The maximum Gasteiger partial charge on any atom is 0.467 e. The van der Waals surface area contributed by atoms with Crippen LogP contribution < -0.4 is 0 Å². The van der Waals surface area contributed by atoms with E-state index in [4.69, 9.17) is 9.31 Å². The standard InChI is InChI=1S/C20H37BO3/c1-6-7-13-16-14-20(16,17(22)15-11-9-8-10-12-15)21-23-18(2,3)19(4,5)24-21/h15-17,22H,6-14H2,1-5H3/t16-,17+,20-/m0/s1. The second kappa shape index (κ2) is 6.59. The fourth-order valence-electron chi connectivity index (χ4n) is 4.93. The van der Waals surface area contributed by atoms with Crippen molar-refractivity contribution in [3.8, 4) is 0 Å². The Labute approximate surface area is 149 Å². The molecule has 24 heavy (non-hydrogen) atoms. The third-order valence-corrected chi connectivity index (χ3v) is 7.45. The Balaban J connectivity index is 1.79. The first-order valence-corrected chi connectivity index (χ1v) is 10.3. The molecule has 0 bridgehead atoms. The zero-order chi connectivity index (χ0) is 17.6. The number of hydrogen-bond donors (Lipinski definition) is 1. The van der Waals surface area contributed by atoms with Gasteiger partial charge in [-0.15, -0.1) is 0 Å². The van der Waals surface area contributed by atoms with Gasteiger partial charge in [0.2, 0.25) is 0 Å². The lowest BCUT2D eigenvalue weighted by Crippen LogP contribution is -2.41. The summed E-state index contributed by atoms with van der Waals surface area (Å²) in [5.74, 6) is 0.994. The van der Waals surface area contributed by atoms with Crippen molar-refractivity contribution in [2.45, 2.75) is 115 Å². The minimum Gasteiger partial charge on any atom is -0.403 e. The van der Waals surface area contributed by atoms with E-state index >= 15 is 0 Å². The van der Waals surface area contributed by atoms with Crippen LogP contribution in [0.3, 0.4) is 0 Å². The van der Waals surface area contributed by atoms with E-state index in [2.05, 4.69) is 34.6 Å². The lowest BCUT2D eigenvalue weighted by atomic mass is 9.59. The van der Waals surface area contributed by atoms with Gasteiger partial charge in [0.15, 0.2) is 0 Å². The van der Waals surface area contributed by atoms with Gasteiger partial charge < -0.3 is 14.4 Å². The van der Waals surface area contributed by atoms with Crippen LogP contribution in [0.15, 0.2) is 0 Å². The molecule has 0 unspecified atom stereocenters. The molecule has 0 amide bonds. The maximum absolute atomic E-state index is 11.4. The highest BCUT2D eigenvalue weighted by Gasteiger charge is 2.72. The van der Waals surface area contributed by atoms with Crippen molar-refractivity contribution in [3.05, 3.63) is 0 Å². The van der Waals surface area contributed by atoms with Gasteiger partial charge in [0, 0.05) is 5.31 Å². The molecule has 0 aromatic carbocycles. The Morgan fingerprint density at radius 2 is 1.62 bits per heavy atom. The van der Waals surface area contributed by atoms with Crippen molar-refractivity contribution in [1.29, 1.82) is 0 Å². The van der Waals surface area contributed by atoms with E-state index in [1.54, 1.807) is 0 Å². The average molecular weight is 336 g/mol. The number of aliphatic hydroxyl groups excluding tert-OH is 1. The van der Waals surface area contributed by atoms with Crippen LogP contribution in [0.1, 0.15) is 92.4 Å². The molecule has 3 atom stereocenters. The molecule has 3 nitrogen and oxygen atoms in total. The second-order valence-corrected chi connectivity index (χ2v) is 9.59. The molecule has 1 aliphatic heterocycles. The summed E-state index contributed by atoms with van der Waals surface area (Å²) in [6.45, 7) is 10.7. The lowest BCUT2D eigenvalue weighted by Gasteiger charge is -2.34. The van der Waals surface area contributed by atoms with Crippen LogP contribution in [-0.4, -0.2) is 29.5 Å². The van der Waals surface area contributed by atoms with Crippen molar-refractivity contribution in [2.24, 2.45) is 11.8 Å². The molecule has 1 saturated heterocycles. The molecule has 0 aromatic rings. The molecule has 2 aliphatic carbocycles. The monoisotopic (exact) mass is 336 g/mol. The molecule has 4 heteroatoms. The Bertz CT molecular complexity index is 428. The van der Waals surface area contributed by atoms with Gasteiger partial charge >= 0.3 is 7.12 Å². The van der Waals surface area contributed by atoms with Crippen LogP contribution in [0.4, 0.5) is 0 Å². The Morgan fingerprint density at radius 3 is 2.17 bits per heavy atom. The number of unbranched alkanes of at least 4 members (excludes halogenated alkanes) is 1. The zero-order valence-electron chi connectivity index (χ0n) is 16.4. The van der Waals surface area contributed by atoms with Gasteiger partial charge in [-0.1, -0.05) is 45.4 Å². The Morgan fingerprint density at radius 1 is 1.04 bits per heavy atom. The van der Waals surface area contributed by atoms with Crippen molar-refractivity contribution >= 4 is 7.12 Å². The molecule has 3 fully saturated rings. The smallest absolute Gasteiger partial charge is 0.403 e. The highest BCUT2D eigenvalue weighted by atomic mass is 16.7. The number of rotatable bonds is 6. The quantitative estimate of drug-likeness (QED) is 0.696. The number of aliphatic hydroxyl groups is 1. The maximum atomic E-state index is 11.4. The van der Waals surface area contributed by atoms with Gasteiger partial charge in [-0.2, -0.15) is 0 Å². The largest absolute Gasteiger partial charge is 0.467 e. The molecule has 138 valence electrons. The topological polar surface area (TPSA) is 38.7 Å². The van der Waals surface area contributed by atoms with Gasteiger partial charge in [0.1, 0.15) is 0 Å². The first-order chi connectivity index (χ1) is 11.2. The van der Waals surface area contributed by atoms with E-state index in [-0.39, 0.29) is 29.7 Å². The SMILES string of the molecule is CCCC[C@H]1C[C@@]1(B1OC(C)(C)C(C)(C)O1)[C@H](O)C1CCCCC1. The van der Waals surface area contributed by atoms with Crippen LogP contribution in [-0.2, 0) is 9.31 Å². The first kappa shape index (κ1) is 18.7. The Kier molecular flexibility index (Phi) is 5.14. The predicted molar refractivity (Wildman–Crippen MR) is 99.0 cm³/mol. The number of hydrogen-bond acceptors (Lipinski definition) is 3. The van der Waals surface area contributed by atoms with Gasteiger partial charge in [0.05, 0.1) is 17.3 Å². The van der Waals surface area contributed by atoms with E-state index in [9.17, 15) is 5.11 Å². The average Bonchev–Trinajstić information content (AvgIpc) is 3.22. The van der Waals surface area contributed by atoms with Crippen LogP contribution in [0.25, 0.3) is 0 Å². The molecule has 0 radical (unpaired) electrons. The van der Waals surface area contributed by atoms with E-state index in [1.165, 1.54) is 51.4 Å². The summed E-state index contributed by atoms with van der Waals surface area (Å²) in [4.78, 5) is 0. The minimum absolute atomic E-state index is 0.164. The fraction of sp³-hybridized carbons (Fsp3) is 1.00. The fourth-order valence-corrected chi connectivity index (χ4v) is 4.93. The molecular formula is C20H37BO3. The van der Waals surface area contributed by atoms with E-state index in [0.717, 1.165) is 6.42 Å². The molecule has 0 aromatic heterocycles. The second-order valence-electron chi connectivity index (χ2n) is 9.59. The summed E-state index contributed by atoms with van der Waals surface area (Å²) >= 11 is 0. The summed E-state index contributed by atoms with van der Waals surface area (Å²) in [7, 11) is -0.249. The van der Waals surface area contributed by atoms with Crippen molar-refractivity contribution in [3.63, 3.8) is 0 Å². The molecule has 0 spiro atoms. The van der Waals surface area contributed by atoms with E-state index < -0.39 is 0 Å². The normalized spacial score (nSPS) is 36.8. The van der Waals surface area contributed by atoms with Crippen LogP contribution in [0.2, 0.25) is 5.31 Å². The highest BCUT2D eigenvalue weighted by molar-refractivity contribution is 6.51. The van der Waals surface area contributed by atoms with E-state index in [1.807, 2.05) is 0 Å². The molecule has 2 saturated carbocycles. The van der Waals surface area contributed by atoms with Crippen molar-refractivity contribution in [1.82, 2.24) is 0 Å². The van der Waals surface area contributed by atoms with Crippen LogP contribution in [0, 0.1) is 11.8 Å². The third kappa shape index (κ3) is 3.08. The van der Waals surface area contributed by atoms with Crippen LogP contribution >= 0.6 is 0 Å². The molecule has 1 heterocycles. The van der Waals surface area contributed by atoms with Gasteiger partial charge in [-0.25, -0.2) is 0 Å². The minimum atomic E-state index is -0.311. The lowest BCUT2D eigenvalue weighted by molar-refractivity contribution is 0.00578. The van der Waals surface area contributed by atoms with Crippen LogP contribution in [0.5, 0.6) is 0 Å². The summed E-state index contributed by atoms with van der Waals surface area (Å²) in [5.41, 5.74) is -0.621. The van der Waals surface area contributed by atoms with Crippen molar-refractivity contribution in [2.75, 3.05) is 0 Å². The van der Waals surface area contributed by atoms with Crippen molar-refractivity contribution < 1.29 is 14.4 Å². The van der Waals surface area contributed by atoms with Gasteiger partial charge in [0.25, 0.3) is 0 Å². The summed E-state index contributed by atoms with van der Waals surface area (Å²) in [6, 6.07) is 0. The molecule has 3 rings (SSSR count). The Hall–Kier alpha value is -0.0551. The molecular weight excluding hydrogens is 299 g/mol. The molecule has 3 aliphatic rings. The summed E-state index contributed by atoms with van der Waals surface area (Å²) in [6.07, 6.45) is 10.7. The third-order valence-electron chi connectivity index (χ3n) is 7.45. The zero-order valence-corrected chi connectivity index (χ0v) is 16.4. The predicted octanol–water partition coefficient (Wildman–Crippen LogP) is 4.97. The molecule has 1 N–H and O–H groups in total. The summed E-state index contributed by atoms with van der Waals surface area (Å²) < 4.78 is 12.9.